The van der Waals surface area contributed by atoms with E-state index in [-0.39, 0.29) is 43.8 Å². The second kappa shape index (κ2) is 15.3. The van der Waals surface area contributed by atoms with Gasteiger partial charge < -0.3 is 20.0 Å². The number of amides is 4. The summed E-state index contributed by atoms with van der Waals surface area (Å²) < 4.78 is 0. The zero-order valence-corrected chi connectivity index (χ0v) is 33.9. The maximum atomic E-state index is 14.8. The van der Waals surface area contributed by atoms with Gasteiger partial charge in [0.25, 0.3) is 17.7 Å². The van der Waals surface area contributed by atoms with E-state index in [1.54, 1.807) is 56.9 Å². The van der Waals surface area contributed by atoms with Gasteiger partial charge in [0.1, 0.15) is 0 Å². The van der Waals surface area contributed by atoms with E-state index < -0.39 is 17.4 Å². The van der Waals surface area contributed by atoms with Crippen molar-refractivity contribution < 1.29 is 29.4 Å². The Kier molecular flexibility index (Phi) is 9.54. The molecule has 0 aromatic heterocycles. The molecule has 0 fully saturated rings. The van der Waals surface area contributed by atoms with Gasteiger partial charge in [-0.25, -0.2) is 0 Å². The van der Waals surface area contributed by atoms with Gasteiger partial charge in [0.2, 0.25) is 5.91 Å². The van der Waals surface area contributed by atoms with E-state index in [1.807, 2.05) is 127 Å². The summed E-state index contributed by atoms with van der Waals surface area (Å²) in [7, 11) is 0. The van der Waals surface area contributed by atoms with Crippen molar-refractivity contribution >= 4 is 73.6 Å². The molecule has 7 aromatic rings. The minimum atomic E-state index is -2.06. The summed E-state index contributed by atoms with van der Waals surface area (Å²) in [6, 6.07) is 45.4. The Morgan fingerprint density at radius 2 is 1.26 bits per heavy atom. The number of rotatable bonds is 12. The molecule has 0 bridgehead atoms. The Morgan fingerprint density at radius 3 is 1.87 bits per heavy atom. The minimum Gasteiger partial charge on any atom is -0.395 e. The molecular weight excluding hydrogens is 777 g/mol. The second-order valence-corrected chi connectivity index (χ2v) is 16.1. The Morgan fingerprint density at radius 1 is 0.677 bits per heavy atom. The first-order chi connectivity index (χ1) is 30.2. The molecule has 10 heteroatoms. The zero-order valence-electron chi connectivity index (χ0n) is 33.9. The Hall–Kier alpha value is -7.40. The lowest BCUT2D eigenvalue weighted by atomic mass is 9.82. The minimum absolute atomic E-state index is 0.00590. The Balaban J connectivity index is 0.967. The number of aliphatic hydroxyl groups is 2. The summed E-state index contributed by atoms with van der Waals surface area (Å²) in [6.45, 7) is 2.17. The zero-order chi connectivity index (χ0) is 42.7. The van der Waals surface area contributed by atoms with Crippen molar-refractivity contribution in [2.45, 2.75) is 32.0 Å². The highest BCUT2D eigenvalue weighted by Gasteiger charge is 2.53. The number of benzene rings is 7. The van der Waals surface area contributed by atoms with E-state index in [2.05, 4.69) is 0 Å². The van der Waals surface area contributed by atoms with Crippen LogP contribution in [0.5, 0.6) is 0 Å². The average Bonchev–Trinajstić information content (AvgIpc) is 3.84. The van der Waals surface area contributed by atoms with Gasteiger partial charge in [-0.15, -0.1) is 0 Å². The van der Waals surface area contributed by atoms with Crippen LogP contribution < -0.4 is 14.7 Å². The average molecular weight is 819 g/mol. The van der Waals surface area contributed by atoms with Crippen LogP contribution in [0.25, 0.3) is 21.5 Å². The molecule has 0 radical (unpaired) electrons. The first kappa shape index (κ1) is 38.8. The smallest absolute Gasteiger partial charge is 0.264 e. The fourth-order valence-electron chi connectivity index (χ4n) is 9.37. The number of nitrogens with zero attached hydrogens (tertiary/aromatic N) is 4. The standard InChI is InChI=1S/C52H42N4O6/c1-33(10-5-21-46(58)53(28-29-57)31-34-11-3-2-4-12-34)52(62)42-30-39(56-45-20-9-16-37-14-7-18-41(48(37)45)50(56)60)26-27-43(42)54(51(52)61)32-35-22-24-38(25-23-35)55-44-19-8-15-36-13-6-17-40(47(36)44)49(55)59/h2-20,22-27,30,33,57,62H,21,28-29,31-32H2,1H3/b10-5+/t33-,52+/m1/s1. The van der Waals surface area contributed by atoms with E-state index in [9.17, 15) is 29.4 Å². The first-order valence-corrected chi connectivity index (χ1v) is 20.8. The van der Waals surface area contributed by atoms with Crippen molar-refractivity contribution in [3.05, 3.63) is 186 Å². The SMILES string of the molecule is C[C@H](/C=C/CC(=O)N(CCO)Cc1ccccc1)[C@@]1(O)C(=O)N(Cc2ccc(N3C(=O)c4cccc5cccc3c45)cc2)c2ccc(N3C(=O)c4cccc5cccc3c45)cc21. The number of fused-ring (bicyclic) bond motifs is 1. The van der Waals surface area contributed by atoms with Crippen LogP contribution in [0.4, 0.5) is 28.4 Å². The molecule has 10 nitrogen and oxygen atoms in total. The molecule has 3 aliphatic rings. The van der Waals surface area contributed by atoms with Crippen molar-refractivity contribution in [2.24, 2.45) is 5.92 Å². The van der Waals surface area contributed by atoms with Gasteiger partial charge in [0.05, 0.1) is 41.3 Å². The molecule has 10 rings (SSSR count). The molecule has 3 heterocycles. The topological polar surface area (TPSA) is 122 Å². The molecule has 0 aliphatic carbocycles. The monoisotopic (exact) mass is 818 g/mol. The lowest BCUT2D eigenvalue weighted by Crippen LogP contribution is -2.44. The first-order valence-electron chi connectivity index (χ1n) is 20.8. The van der Waals surface area contributed by atoms with Crippen LogP contribution in [-0.2, 0) is 28.3 Å². The van der Waals surface area contributed by atoms with E-state index in [0.717, 1.165) is 44.0 Å². The molecule has 7 aromatic carbocycles. The quantitative estimate of drug-likeness (QED) is 0.119. The summed E-state index contributed by atoms with van der Waals surface area (Å²) in [5.41, 5.74) is 4.45. The van der Waals surface area contributed by atoms with Gasteiger partial charge in [-0.05, 0) is 76.5 Å². The van der Waals surface area contributed by atoms with Gasteiger partial charge in [-0.2, -0.15) is 0 Å². The van der Waals surface area contributed by atoms with Crippen LogP contribution in [0, 0.1) is 5.92 Å². The Labute approximate surface area is 358 Å². The van der Waals surface area contributed by atoms with Crippen molar-refractivity contribution in [1.29, 1.82) is 0 Å². The Bertz CT molecular complexity index is 2990. The fraction of sp³-hybridized carbons (Fsp3) is 0.154. The maximum absolute atomic E-state index is 14.8. The van der Waals surface area contributed by atoms with Crippen LogP contribution in [0.2, 0.25) is 0 Å². The highest BCUT2D eigenvalue weighted by molar-refractivity contribution is 6.29. The lowest BCUT2D eigenvalue weighted by molar-refractivity contribution is -0.139. The van der Waals surface area contributed by atoms with E-state index in [1.165, 1.54) is 0 Å². The number of hydrogen-bond acceptors (Lipinski definition) is 6. The second-order valence-electron chi connectivity index (χ2n) is 16.1. The summed E-state index contributed by atoms with van der Waals surface area (Å²) in [4.78, 5) is 62.4. The highest BCUT2D eigenvalue weighted by atomic mass is 16.3. The lowest BCUT2D eigenvalue weighted by Gasteiger charge is -2.28. The molecule has 3 aliphatic heterocycles. The molecule has 0 spiro atoms. The molecule has 0 saturated carbocycles. The highest BCUT2D eigenvalue weighted by Crippen LogP contribution is 2.50. The van der Waals surface area contributed by atoms with Gasteiger partial charge in [0, 0.05) is 53.1 Å². The number of carbonyl (C=O) groups is 4. The third-order valence-electron chi connectivity index (χ3n) is 12.5. The largest absolute Gasteiger partial charge is 0.395 e. The van der Waals surface area contributed by atoms with Gasteiger partial charge in [-0.3, -0.25) is 29.0 Å². The molecule has 306 valence electrons. The normalized spacial score (nSPS) is 17.0. The summed E-state index contributed by atoms with van der Waals surface area (Å²) in [5.74, 6) is -1.86. The molecule has 4 amide bonds. The van der Waals surface area contributed by atoms with Gasteiger partial charge in [0.15, 0.2) is 5.60 Å². The molecular formula is C52H42N4O6. The summed E-state index contributed by atoms with van der Waals surface area (Å²) in [6.07, 6.45) is 3.35. The third kappa shape index (κ3) is 6.17. The van der Waals surface area contributed by atoms with E-state index in [4.69, 9.17) is 0 Å². The van der Waals surface area contributed by atoms with Crippen LogP contribution in [-0.4, -0.2) is 51.9 Å². The molecule has 0 unspecified atom stereocenters. The number of hydrogen-bond donors (Lipinski definition) is 2. The van der Waals surface area contributed by atoms with Gasteiger partial charge in [-0.1, -0.05) is 110 Å². The molecule has 62 heavy (non-hydrogen) atoms. The number of aliphatic hydroxyl groups excluding tert-OH is 1. The molecule has 2 atom stereocenters. The number of anilines is 5. The predicted octanol–water partition coefficient (Wildman–Crippen LogP) is 8.91. The maximum Gasteiger partial charge on any atom is 0.264 e. The van der Waals surface area contributed by atoms with Gasteiger partial charge >= 0.3 is 0 Å². The predicted molar refractivity (Wildman–Crippen MR) is 241 cm³/mol. The summed E-state index contributed by atoms with van der Waals surface area (Å²) >= 11 is 0. The van der Waals surface area contributed by atoms with Crippen LogP contribution in [0.3, 0.4) is 0 Å². The van der Waals surface area contributed by atoms with Crippen molar-refractivity contribution in [3.8, 4) is 0 Å². The molecule has 2 N–H and O–H groups in total. The number of carbonyl (C=O) groups excluding carboxylic acids is 4. The summed E-state index contributed by atoms with van der Waals surface area (Å²) in [5, 5.41) is 26.2. The fourth-order valence-corrected chi connectivity index (χ4v) is 9.37. The van der Waals surface area contributed by atoms with Crippen LogP contribution in [0.15, 0.2) is 158 Å². The van der Waals surface area contributed by atoms with E-state index >= 15 is 0 Å². The van der Waals surface area contributed by atoms with Crippen molar-refractivity contribution in [1.82, 2.24) is 4.90 Å². The van der Waals surface area contributed by atoms with E-state index in [0.29, 0.717) is 40.3 Å². The third-order valence-corrected chi connectivity index (χ3v) is 12.5. The van der Waals surface area contributed by atoms with Crippen molar-refractivity contribution in [2.75, 3.05) is 27.9 Å². The van der Waals surface area contributed by atoms with Crippen molar-refractivity contribution in [3.63, 3.8) is 0 Å². The molecule has 0 saturated heterocycles. The van der Waals surface area contributed by atoms with Crippen LogP contribution in [0.1, 0.15) is 50.8 Å². The van der Waals surface area contributed by atoms with Crippen LogP contribution >= 0.6 is 0 Å².